The van der Waals surface area contributed by atoms with E-state index in [2.05, 4.69) is 166 Å². The Morgan fingerprint density at radius 2 is 0.940 bits per heavy atom. The Balaban J connectivity index is 1.17. The van der Waals surface area contributed by atoms with E-state index in [4.69, 9.17) is 4.42 Å². The second-order valence-electron chi connectivity index (χ2n) is 14.4. The first kappa shape index (κ1) is 27.7. The first-order chi connectivity index (χ1) is 24.6. The Kier molecular flexibility index (Phi) is 5.51. The van der Waals surface area contributed by atoms with Gasteiger partial charge in [0.1, 0.15) is 11.2 Å². The van der Waals surface area contributed by atoms with Crippen molar-refractivity contribution in [2.45, 2.75) is 19.3 Å². The largest absolute Gasteiger partial charge is 0.455 e. The van der Waals surface area contributed by atoms with Crippen LogP contribution in [0, 0.1) is 0 Å². The van der Waals surface area contributed by atoms with E-state index in [-0.39, 0.29) is 5.41 Å². The maximum absolute atomic E-state index is 6.49. The van der Waals surface area contributed by atoms with Crippen molar-refractivity contribution in [3.8, 4) is 33.4 Å². The maximum Gasteiger partial charge on any atom is 0.143 e. The molecule has 1 heterocycles. The van der Waals surface area contributed by atoms with Crippen molar-refractivity contribution in [2.24, 2.45) is 0 Å². The van der Waals surface area contributed by atoms with Crippen LogP contribution < -0.4 is 0 Å². The van der Waals surface area contributed by atoms with Gasteiger partial charge in [-0.25, -0.2) is 0 Å². The fourth-order valence-electron chi connectivity index (χ4n) is 9.15. The highest BCUT2D eigenvalue weighted by molar-refractivity contribution is 6.24. The van der Waals surface area contributed by atoms with Crippen molar-refractivity contribution in [2.75, 3.05) is 0 Å². The molecule has 234 valence electrons. The van der Waals surface area contributed by atoms with Gasteiger partial charge in [0.2, 0.25) is 0 Å². The topological polar surface area (TPSA) is 13.1 Å². The lowest BCUT2D eigenvalue weighted by atomic mass is 9.80. The SMILES string of the molecule is CC1(C)c2cc(-c3c4ccccc4c(-c4cccc5ccccc45)c4ccccc34)ccc2-c2c1ccc1c2ccc2c3ccccc3oc12. The summed E-state index contributed by atoms with van der Waals surface area (Å²) >= 11 is 0. The zero-order valence-corrected chi connectivity index (χ0v) is 27.9. The average molecular weight is 637 g/mol. The molecular weight excluding hydrogens is 605 g/mol. The van der Waals surface area contributed by atoms with Gasteiger partial charge in [0.15, 0.2) is 0 Å². The lowest BCUT2D eigenvalue weighted by Gasteiger charge is -2.23. The Bertz CT molecular complexity index is 3000. The summed E-state index contributed by atoms with van der Waals surface area (Å²) in [5.74, 6) is 0. The summed E-state index contributed by atoms with van der Waals surface area (Å²) in [7, 11) is 0. The first-order valence-electron chi connectivity index (χ1n) is 17.5. The molecule has 0 amide bonds. The molecule has 0 unspecified atom stereocenters. The van der Waals surface area contributed by atoms with E-state index in [1.165, 1.54) is 98.4 Å². The van der Waals surface area contributed by atoms with Crippen molar-refractivity contribution >= 4 is 65.0 Å². The van der Waals surface area contributed by atoms with Gasteiger partial charge in [-0.1, -0.05) is 153 Å². The van der Waals surface area contributed by atoms with Gasteiger partial charge in [0, 0.05) is 21.6 Å². The number of furan rings is 1. The molecule has 0 saturated carbocycles. The predicted molar refractivity (Wildman–Crippen MR) is 212 cm³/mol. The highest BCUT2D eigenvalue weighted by Crippen LogP contribution is 2.54. The Morgan fingerprint density at radius 1 is 0.380 bits per heavy atom. The smallest absolute Gasteiger partial charge is 0.143 e. The predicted octanol–water partition coefficient (Wildman–Crippen LogP) is 13.8. The lowest BCUT2D eigenvalue weighted by Crippen LogP contribution is -2.15. The van der Waals surface area contributed by atoms with Crippen LogP contribution in [0.5, 0.6) is 0 Å². The summed E-state index contributed by atoms with van der Waals surface area (Å²) in [4.78, 5) is 0. The van der Waals surface area contributed by atoms with Gasteiger partial charge in [-0.15, -0.1) is 0 Å². The monoisotopic (exact) mass is 636 g/mol. The fourth-order valence-corrected chi connectivity index (χ4v) is 9.15. The van der Waals surface area contributed by atoms with Gasteiger partial charge < -0.3 is 4.42 Å². The van der Waals surface area contributed by atoms with E-state index in [1.54, 1.807) is 0 Å². The number of hydrogen-bond donors (Lipinski definition) is 0. The zero-order chi connectivity index (χ0) is 33.1. The molecule has 0 spiro atoms. The number of fused-ring (bicyclic) bond motifs is 12. The molecule has 0 fully saturated rings. The minimum Gasteiger partial charge on any atom is -0.455 e. The molecule has 1 nitrogen and oxygen atoms in total. The molecule has 50 heavy (non-hydrogen) atoms. The van der Waals surface area contributed by atoms with E-state index < -0.39 is 0 Å². The highest BCUT2D eigenvalue weighted by atomic mass is 16.3. The highest BCUT2D eigenvalue weighted by Gasteiger charge is 2.37. The van der Waals surface area contributed by atoms with Crippen LogP contribution in [0.3, 0.4) is 0 Å². The normalized spacial score (nSPS) is 13.6. The Hall–Kier alpha value is -6.18. The van der Waals surface area contributed by atoms with Crippen LogP contribution in [0.2, 0.25) is 0 Å². The molecule has 10 aromatic rings. The molecule has 11 rings (SSSR count). The second-order valence-corrected chi connectivity index (χ2v) is 14.4. The van der Waals surface area contributed by atoms with Crippen LogP contribution in [-0.2, 0) is 5.41 Å². The van der Waals surface area contributed by atoms with Crippen LogP contribution in [0.25, 0.3) is 98.4 Å². The average Bonchev–Trinajstić information content (AvgIpc) is 3.65. The molecule has 1 aromatic heterocycles. The molecule has 0 radical (unpaired) electrons. The molecule has 0 aliphatic heterocycles. The summed E-state index contributed by atoms with van der Waals surface area (Å²) in [5.41, 5.74) is 12.3. The maximum atomic E-state index is 6.49. The standard InChI is InChI=1S/C49H32O/c1-49(2)42-27-26-40-38(24-25-39-32-15-9-10-21-44(32)50-48(39)40)47(42)41-23-22-30(28-43(41)49)45-34-16-5-7-18-36(34)46(37-19-8-6-17-35(37)45)33-20-11-13-29-12-3-4-14-31(29)33/h3-28H,1-2H3. The molecule has 0 bridgehead atoms. The van der Waals surface area contributed by atoms with Gasteiger partial charge in [-0.05, 0) is 100 Å². The third-order valence-electron chi connectivity index (χ3n) is 11.5. The summed E-state index contributed by atoms with van der Waals surface area (Å²) in [6, 6.07) is 58.2. The zero-order valence-electron chi connectivity index (χ0n) is 27.9. The van der Waals surface area contributed by atoms with Crippen LogP contribution in [0.4, 0.5) is 0 Å². The van der Waals surface area contributed by atoms with Crippen LogP contribution in [0.15, 0.2) is 162 Å². The third-order valence-corrected chi connectivity index (χ3v) is 11.5. The summed E-state index contributed by atoms with van der Waals surface area (Å²) in [6.45, 7) is 4.76. The van der Waals surface area contributed by atoms with E-state index >= 15 is 0 Å². The minimum atomic E-state index is -0.161. The molecular formula is C49H32O. The number of hydrogen-bond acceptors (Lipinski definition) is 1. The quantitative estimate of drug-likeness (QED) is 0.172. The Labute approximate surface area is 290 Å². The van der Waals surface area contributed by atoms with Crippen molar-refractivity contribution in [1.82, 2.24) is 0 Å². The van der Waals surface area contributed by atoms with E-state index in [0.717, 1.165) is 11.2 Å². The molecule has 0 atom stereocenters. The third kappa shape index (κ3) is 3.62. The molecule has 1 aliphatic rings. The molecule has 0 saturated heterocycles. The fraction of sp³-hybridized carbons (Fsp3) is 0.0612. The molecule has 0 N–H and O–H groups in total. The minimum absolute atomic E-state index is 0.161. The van der Waals surface area contributed by atoms with Crippen molar-refractivity contribution < 1.29 is 4.42 Å². The second kappa shape index (κ2) is 9.94. The molecule has 1 heteroatoms. The van der Waals surface area contributed by atoms with Gasteiger partial charge in [0.05, 0.1) is 0 Å². The lowest BCUT2D eigenvalue weighted by molar-refractivity contribution is 0.660. The van der Waals surface area contributed by atoms with E-state index in [1.807, 2.05) is 6.07 Å². The van der Waals surface area contributed by atoms with Gasteiger partial charge in [-0.3, -0.25) is 0 Å². The van der Waals surface area contributed by atoms with Crippen LogP contribution in [0.1, 0.15) is 25.0 Å². The van der Waals surface area contributed by atoms with Crippen LogP contribution >= 0.6 is 0 Å². The van der Waals surface area contributed by atoms with Gasteiger partial charge in [-0.2, -0.15) is 0 Å². The summed E-state index contributed by atoms with van der Waals surface area (Å²) in [5, 5.41) is 12.4. The van der Waals surface area contributed by atoms with Gasteiger partial charge in [0.25, 0.3) is 0 Å². The van der Waals surface area contributed by atoms with E-state index in [9.17, 15) is 0 Å². The summed E-state index contributed by atoms with van der Waals surface area (Å²) < 4.78 is 6.49. The first-order valence-corrected chi connectivity index (χ1v) is 17.5. The number of benzene rings is 9. The van der Waals surface area contributed by atoms with Crippen molar-refractivity contribution in [3.05, 3.63) is 169 Å². The molecule has 9 aromatic carbocycles. The number of para-hydroxylation sites is 1. The molecule has 1 aliphatic carbocycles. The van der Waals surface area contributed by atoms with Crippen LogP contribution in [-0.4, -0.2) is 0 Å². The van der Waals surface area contributed by atoms with E-state index in [0.29, 0.717) is 0 Å². The van der Waals surface area contributed by atoms with Gasteiger partial charge >= 0.3 is 0 Å². The van der Waals surface area contributed by atoms with Crippen molar-refractivity contribution in [3.63, 3.8) is 0 Å². The Morgan fingerprint density at radius 3 is 1.70 bits per heavy atom. The summed E-state index contributed by atoms with van der Waals surface area (Å²) in [6.07, 6.45) is 0. The number of rotatable bonds is 2. The van der Waals surface area contributed by atoms with Crippen molar-refractivity contribution in [1.29, 1.82) is 0 Å².